The summed E-state index contributed by atoms with van der Waals surface area (Å²) in [6.45, 7) is 4.13. The molecule has 2 saturated heterocycles. The lowest BCUT2D eigenvalue weighted by atomic mass is 10.1. The Balaban J connectivity index is 1.89. The molecule has 1 amide bonds. The van der Waals surface area contributed by atoms with Crippen LogP contribution in [0.3, 0.4) is 0 Å². The van der Waals surface area contributed by atoms with Gasteiger partial charge in [0.15, 0.2) is 0 Å². The summed E-state index contributed by atoms with van der Waals surface area (Å²) in [6, 6.07) is 0.105. The molecule has 4 heteroatoms. The minimum Gasteiger partial charge on any atom is -0.331 e. The highest BCUT2D eigenvalue weighted by molar-refractivity contribution is 7.99. The Kier molecular flexibility index (Phi) is 2.79. The second-order valence-corrected chi connectivity index (χ2v) is 5.02. The van der Waals surface area contributed by atoms with E-state index in [9.17, 15) is 4.79 Å². The fourth-order valence-corrected chi connectivity index (χ4v) is 2.86. The first kappa shape index (κ1) is 9.34. The van der Waals surface area contributed by atoms with Gasteiger partial charge in [-0.1, -0.05) is 6.92 Å². The Hall–Kier alpha value is -0.220. The highest BCUT2D eigenvalue weighted by Gasteiger charge is 2.31. The smallest absolute Gasteiger partial charge is 0.240 e. The van der Waals surface area contributed by atoms with Gasteiger partial charge in [0.1, 0.15) is 0 Å². The predicted molar refractivity (Wildman–Crippen MR) is 54.6 cm³/mol. The highest BCUT2D eigenvalue weighted by Crippen LogP contribution is 2.19. The van der Waals surface area contributed by atoms with Gasteiger partial charge in [-0.3, -0.25) is 4.79 Å². The van der Waals surface area contributed by atoms with E-state index in [1.54, 1.807) is 0 Å². The van der Waals surface area contributed by atoms with Crippen molar-refractivity contribution in [2.45, 2.75) is 19.4 Å². The van der Waals surface area contributed by atoms with Crippen LogP contribution in [-0.2, 0) is 4.79 Å². The SMILES string of the molecule is C[C@@H]1CN[C@H](C(=O)N2CCSC2)C1. The van der Waals surface area contributed by atoms with E-state index in [2.05, 4.69) is 12.2 Å². The van der Waals surface area contributed by atoms with E-state index in [0.717, 1.165) is 31.1 Å². The molecule has 0 aromatic rings. The Morgan fingerprint density at radius 2 is 2.46 bits per heavy atom. The fraction of sp³-hybridized carbons (Fsp3) is 0.889. The van der Waals surface area contributed by atoms with Gasteiger partial charge in [0.2, 0.25) is 5.91 Å². The molecule has 0 spiro atoms. The zero-order valence-electron chi connectivity index (χ0n) is 7.95. The molecule has 0 aromatic heterocycles. The quantitative estimate of drug-likeness (QED) is 0.669. The normalized spacial score (nSPS) is 34.1. The molecule has 2 heterocycles. The number of carbonyl (C=O) groups is 1. The third-order valence-electron chi connectivity index (χ3n) is 2.71. The molecule has 2 rings (SSSR count). The number of nitrogens with zero attached hydrogens (tertiary/aromatic N) is 1. The van der Waals surface area contributed by atoms with E-state index in [1.165, 1.54) is 0 Å². The van der Waals surface area contributed by atoms with E-state index < -0.39 is 0 Å². The molecular weight excluding hydrogens is 184 g/mol. The molecule has 3 nitrogen and oxygen atoms in total. The average Bonchev–Trinajstić information content (AvgIpc) is 2.72. The Morgan fingerprint density at radius 1 is 1.62 bits per heavy atom. The average molecular weight is 200 g/mol. The third kappa shape index (κ3) is 1.99. The predicted octanol–water partition coefficient (Wildman–Crippen LogP) is 0.517. The van der Waals surface area contributed by atoms with Crippen LogP contribution in [0.2, 0.25) is 0 Å². The number of carbonyl (C=O) groups excluding carboxylic acids is 1. The van der Waals surface area contributed by atoms with E-state index in [4.69, 9.17) is 0 Å². The van der Waals surface area contributed by atoms with E-state index in [0.29, 0.717) is 11.8 Å². The summed E-state index contributed by atoms with van der Waals surface area (Å²) in [6.07, 6.45) is 1.01. The van der Waals surface area contributed by atoms with Gasteiger partial charge in [-0.15, -0.1) is 11.8 Å². The van der Waals surface area contributed by atoms with Crippen LogP contribution in [0.4, 0.5) is 0 Å². The van der Waals surface area contributed by atoms with Gasteiger partial charge in [0, 0.05) is 12.3 Å². The van der Waals surface area contributed by atoms with Crippen molar-refractivity contribution in [3.8, 4) is 0 Å². The standard InChI is InChI=1S/C9H16N2OS/c1-7-4-8(10-5-7)9(12)11-2-3-13-6-11/h7-8,10H,2-6H2,1H3/t7-,8-/m0/s1. The first-order chi connectivity index (χ1) is 6.27. The summed E-state index contributed by atoms with van der Waals surface area (Å²) in [4.78, 5) is 13.8. The maximum atomic E-state index is 11.8. The maximum Gasteiger partial charge on any atom is 0.240 e. The summed E-state index contributed by atoms with van der Waals surface area (Å²) in [5.74, 6) is 2.97. The Labute approximate surface area is 83.2 Å². The van der Waals surface area contributed by atoms with Gasteiger partial charge in [0.25, 0.3) is 0 Å². The van der Waals surface area contributed by atoms with Gasteiger partial charge in [0.05, 0.1) is 11.9 Å². The van der Waals surface area contributed by atoms with Crippen LogP contribution >= 0.6 is 11.8 Å². The molecule has 74 valence electrons. The van der Waals surface area contributed by atoms with Crippen LogP contribution in [0.15, 0.2) is 0 Å². The first-order valence-electron chi connectivity index (χ1n) is 4.87. The lowest BCUT2D eigenvalue weighted by molar-refractivity contribution is -0.131. The van der Waals surface area contributed by atoms with Crippen molar-refractivity contribution in [2.75, 3.05) is 24.7 Å². The zero-order chi connectivity index (χ0) is 9.26. The van der Waals surface area contributed by atoms with E-state index in [1.807, 2.05) is 16.7 Å². The van der Waals surface area contributed by atoms with Crippen molar-refractivity contribution in [3.63, 3.8) is 0 Å². The molecule has 13 heavy (non-hydrogen) atoms. The van der Waals surface area contributed by atoms with Gasteiger partial charge >= 0.3 is 0 Å². The van der Waals surface area contributed by atoms with Gasteiger partial charge in [-0.2, -0.15) is 0 Å². The van der Waals surface area contributed by atoms with Gasteiger partial charge in [-0.05, 0) is 18.9 Å². The summed E-state index contributed by atoms with van der Waals surface area (Å²) in [5.41, 5.74) is 0. The number of thioether (sulfide) groups is 1. The molecule has 0 aliphatic carbocycles. The molecule has 1 N–H and O–H groups in total. The van der Waals surface area contributed by atoms with Crippen LogP contribution < -0.4 is 5.32 Å². The van der Waals surface area contributed by atoms with Crippen molar-refractivity contribution in [1.82, 2.24) is 10.2 Å². The number of rotatable bonds is 1. The Morgan fingerprint density at radius 3 is 3.00 bits per heavy atom. The molecule has 2 aliphatic rings. The van der Waals surface area contributed by atoms with Crippen LogP contribution in [0.5, 0.6) is 0 Å². The van der Waals surface area contributed by atoms with Crippen molar-refractivity contribution in [2.24, 2.45) is 5.92 Å². The monoisotopic (exact) mass is 200 g/mol. The van der Waals surface area contributed by atoms with Crippen LogP contribution in [0.25, 0.3) is 0 Å². The molecule has 0 bridgehead atoms. The van der Waals surface area contributed by atoms with Crippen molar-refractivity contribution >= 4 is 17.7 Å². The molecule has 0 saturated carbocycles. The molecule has 0 unspecified atom stereocenters. The Bertz CT molecular complexity index is 204. The summed E-state index contributed by atoms with van der Waals surface area (Å²) in [7, 11) is 0. The van der Waals surface area contributed by atoms with Crippen molar-refractivity contribution in [3.05, 3.63) is 0 Å². The molecule has 0 radical (unpaired) electrons. The summed E-state index contributed by atoms with van der Waals surface area (Å²) in [5, 5.41) is 3.28. The summed E-state index contributed by atoms with van der Waals surface area (Å²) < 4.78 is 0. The highest BCUT2D eigenvalue weighted by atomic mass is 32.2. The van der Waals surface area contributed by atoms with Crippen LogP contribution in [-0.4, -0.2) is 41.6 Å². The number of hydrogen-bond donors (Lipinski definition) is 1. The van der Waals surface area contributed by atoms with E-state index in [-0.39, 0.29) is 6.04 Å². The largest absolute Gasteiger partial charge is 0.331 e. The number of nitrogens with one attached hydrogen (secondary N) is 1. The molecule has 2 aliphatic heterocycles. The number of amides is 1. The van der Waals surface area contributed by atoms with E-state index >= 15 is 0 Å². The second kappa shape index (κ2) is 3.88. The summed E-state index contributed by atoms with van der Waals surface area (Å²) >= 11 is 1.85. The first-order valence-corrected chi connectivity index (χ1v) is 6.03. The minimum atomic E-state index is 0.105. The van der Waals surface area contributed by atoms with Crippen molar-refractivity contribution < 1.29 is 4.79 Å². The molecule has 2 fully saturated rings. The lowest BCUT2D eigenvalue weighted by Gasteiger charge is -2.18. The van der Waals surface area contributed by atoms with Crippen LogP contribution in [0, 0.1) is 5.92 Å². The fourth-order valence-electron chi connectivity index (χ4n) is 1.91. The van der Waals surface area contributed by atoms with Gasteiger partial charge in [-0.25, -0.2) is 0 Å². The molecule has 0 aromatic carbocycles. The second-order valence-electron chi connectivity index (χ2n) is 3.94. The zero-order valence-corrected chi connectivity index (χ0v) is 8.77. The molecule has 2 atom stereocenters. The maximum absolute atomic E-state index is 11.8. The third-order valence-corrected chi connectivity index (χ3v) is 3.68. The van der Waals surface area contributed by atoms with Gasteiger partial charge < -0.3 is 10.2 Å². The van der Waals surface area contributed by atoms with Crippen molar-refractivity contribution in [1.29, 1.82) is 0 Å². The molecular formula is C9H16N2OS. The number of hydrogen-bond acceptors (Lipinski definition) is 3. The topological polar surface area (TPSA) is 32.3 Å². The van der Waals surface area contributed by atoms with Crippen LogP contribution in [0.1, 0.15) is 13.3 Å². The lowest BCUT2D eigenvalue weighted by Crippen LogP contribution is -2.42. The minimum absolute atomic E-state index is 0.105.